The molecule has 3 aromatic heterocycles. The first-order valence-corrected chi connectivity index (χ1v) is 9.20. The fraction of sp³-hybridized carbons (Fsp3) is 0.412. The molecule has 0 radical (unpaired) electrons. The number of fused-ring (bicyclic) bond motifs is 4. The largest absolute Gasteiger partial charge is 0.349 e. The number of pyridine rings is 1. The van der Waals surface area contributed by atoms with Gasteiger partial charge in [0.15, 0.2) is 5.82 Å². The van der Waals surface area contributed by atoms with Gasteiger partial charge in [-0.1, -0.05) is 6.07 Å². The van der Waals surface area contributed by atoms with Gasteiger partial charge >= 0.3 is 0 Å². The molecular weight excluding hydrogens is 362 g/mol. The van der Waals surface area contributed by atoms with Gasteiger partial charge < -0.3 is 15.2 Å². The highest BCUT2D eigenvalue weighted by atomic mass is 16.2. The zero-order valence-electron chi connectivity index (χ0n) is 14.9. The maximum Gasteiger partial charge on any atom is 0.269 e. The van der Waals surface area contributed by atoms with Crippen LogP contribution < -0.4 is 16.2 Å². The molecule has 11 heteroatoms. The van der Waals surface area contributed by atoms with Crippen molar-refractivity contribution in [1.29, 1.82) is 0 Å². The molecule has 0 aliphatic carbocycles. The second-order valence-corrected chi connectivity index (χ2v) is 7.18. The lowest BCUT2D eigenvalue weighted by atomic mass is 9.79. The van der Waals surface area contributed by atoms with E-state index in [-0.39, 0.29) is 17.5 Å². The van der Waals surface area contributed by atoms with Crippen LogP contribution in [-0.4, -0.2) is 60.5 Å². The van der Waals surface area contributed by atoms with Gasteiger partial charge in [-0.05, 0) is 28.8 Å². The number of amides is 1. The van der Waals surface area contributed by atoms with Crippen molar-refractivity contribution in [2.45, 2.75) is 18.4 Å². The molecule has 0 aromatic carbocycles. The molecule has 2 bridgehead atoms. The Hall–Kier alpha value is -3.34. The molecule has 1 fully saturated rings. The highest BCUT2D eigenvalue weighted by molar-refractivity contribution is 5.92. The highest BCUT2D eigenvalue weighted by Gasteiger charge is 2.37. The van der Waals surface area contributed by atoms with Crippen molar-refractivity contribution in [3.05, 3.63) is 52.3 Å². The van der Waals surface area contributed by atoms with Crippen LogP contribution in [0.2, 0.25) is 0 Å². The third-order valence-corrected chi connectivity index (χ3v) is 5.56. The van der Waals surface area contributed by atoms with Crippen LogP contribution in [0.4, 0.5) is 0 Å². The highest BCUT2D eigenvalue weighted by Crippen LogP contribution is 2.38. The predicted octanol–water partition coefficient (Wildman–Crippen LogP) is -0.775. The van der Waals surface area contributed by atoms with Gasteiger partial charge in [-0.25, -0.2) is 0 Å². The number of nitrogens with one attached hydrogen (secondary N) is 3. The van der Waals surface area contributed by atoms with E-state index < -0.39 is 0 Å². The molecule has 11 nitrogen and oxygen atoms in total. The van der Waals surface area contributed by atoms with Crippen LogP contribution in [0.1, 0.15) is 34.6 Å². The SMILES string of the molecule is O=C(NC[C@H]1[C@@H]2CNC[C@@H](C2)c2cccc(=O)n21)c1cc(-n2cnnn2)n[nH]1. The van der Waals surface area contributed by atoms with Crippen LogP contribution in [0.3, 0.4) is 0 Å². The summed E-state index contributed by atoms with van der Waals surface area (Å²) in [5, 5.41) is 24.0. The van der Waals surface area contributed by atoms with E-state index in [9.17, 15) is 9.59 Å². The molecule has 0 unspecified atom stereocenters. The van der Waals surface area contributed by atoms with Crippen molar-refractivity contribution in [1.82, 2.24) is 45.6 Å². The second-order valence-electron chi connectivity index (χ2n) is 7.18. The van der Waals surface area contributed by atoms with Crippen LogP contribution in [0, 0.1) is 5.92 Å². The second kappa shape index (κ2) is 6.68. The Balaban J connectivity index is 1.36. The van der Waals surface area contributed by atoms with Crippen molar-refractivity contribution in [3.8, 4) is 5.82 Å². The summed E-state index contributed by atoms with van der Waals surface area (Å²) < 4.78 is 3.22. The van der Waals surface area contributed by atoms with Gasteiger partial charge in [0, 0.05) is 43.4 Å². The first-order valence-electron chi connectivity index (χ1n) is 9.20. The number of hydrogen-bond donors (Lipinski definition) is 3. The minimum atomic E-state index is -0.289. The molecule has 0 spiro atoms. The summed E-state index contributed by atoms with van der Waals surface area (Å²) in [4.78, 5) is 25.1. The average Bonchev–Trinajstić information content (AvgIpc) is 3.40. The number of aromatic nitrogens is 7. The summed E-state index contributed by atoms with van der Waals surface area (Å²) in [6.45, 7) is 2.09. The van der Waals surface area contributed by atoms with Crippen LogP contribution in [0.25, 0.3) is 5.82 Å². The Morgan fingerprint density at radius 1 is 1.32 bits per heavy atom. The van der Waals surface area contributed by atoms with E-state index in [1.54, 1.807) is 12.1 Å². The summed E-state index contributed by atoms with van der Waals surface area (Å²) in [6, 6.07) is 6.89. The quantitative estimate of drug-likeness (QED) is 0.540. The van der Waals surface area contributed by atoms with Crippen LogP contribution in [0.5, 0.6) is 0 Å². The molecule has 3 atom stereocenters. The minimum absolute atomic E-state index is 0.0177. The lowest BCUT2D eigenvalue weighted by Crippen LogP contribution is -2.50. The minimum Gasteiger partial charge on any atom is -0.349 e. The van der Waals surface area contributed by atoms with Crippen molar-refractivity contribution in [3.63, 3.8) is 0 Å². The molecule has 3 N–H and O–H groups in total. The Morgan fingerprint density at radius 3 is 3.11 bits per heavy atom. The normalized spacial score (nSPS) is 23.2. The summed E-state index contributed by atoms with van der Waals surface area (Å²) in [5.74, 6) is 0.771. The summed E-state index contributed by atoms with van der Waals surface area (Å²) >= 11 is 0. The molecule has 144 valence electrons. The fourth-order valence-corrected chi connectivity index (χ4v) is 4.27. The first-order chi connectivity index (χ1) is 13.7. The number of carbonyl (C=O) groups excluding carboxylic acids is 1. The molecule has 1 amide bonds. The van der Waals surface area contributed by atoms with Gasteiger partial charge in [0.2, 0.25) is 0 Å². The van der Waals surface area contributed by atoms with E-state index in [2.05, 4.69) is 36.4 Å². The lowest BCUT2D eigenvalue weighted by molar-refractivity contribution is 0.0927. The number of rotatable bonds is 4. The first kappa shape index (κ1) is 16.8. The van der Waals surface area contributed by atoms with E-state index in [0.717, 1.165) is 25.2 Å². The summed E-state index contributed by atoms with van der Waals surface area (Å²) in [7, 11) is 0. The average molecular weight is 381 g/mol. The Morgan fingerprint density at radius 2 is 2.25 bits per heavy atom. The fourth-order valence-electron chi connectivity index (χ4n) is 4.27. The van der Waals surface area contributed by atoms with Gasteiger partial charge in [-0.3, -0.25) is 14.7 Å². The van der Waals surface area contributed by atoms with Gasteiger partial charge in [0.25, 0.3) is 11.5 Å². The molecule has 2 aliphatic heterocycles. The number of H-pyrrole nitrogens is 1. The van der Waals surface area contributed by atoms with Crippen molar-refractivity contribution >= 4 is 5.91 Å². The third-order valence-electron chi connectivity index (χ3n) is 5.56. The molecule has 5 rings (SSSR count). The number of nitrogens with zero attached hydrogens (tertiary/aromatic N) is 6. The van der Waals surface area contributed by atoms with Gasteiger partial charge in [0.1, 0.15) is 12.0 Å². The molecule has 0 saturated carbocycles. The van der Waals surface area contributed by atoms with Crippen molar-refractivity contribution in [2.75, 3.05) is 19.6 Å². The molecule has 28 heavy (non-hydrogen) atoms. The molecule has 3 aromatic rings. The number of hydrogen-bond acceptors (Lipinski definition) is 7. The number of carbonyl (C=O) groups is 1. The standard InChI is InChI=1S/C17H19N9O2/c27-16-3-1-2-13-10-4-11(7-18-6-10)14(26(13)16)8-19-17(28)12-5-15(22-21-12)25-9-20-23-24-25/h1-3,5,9-11,14,18H,4,6-8H2,(H,19,28)(H,21,22)/t10-,11+,14+/m1/s1. The Bertz CT molecular complexity index is 1050. The molecular formula is C17H19N9O2. The van der Waals surface area contributed by atoms with Crippen LogP contribution in [0.15, 0.2) is 35.4 Å². The van der Waals surface area contributed by atoms with E-state index in [0.29, 0.717) is 29.9 Å². The Kier molecular flexibility index (Phi) is 4.01. The number of aromatic amines is 1. The van der Waals surface area contributed by atoms with E-state index >= 15 is 0 Å². The zero-order valence-corrected chi connectivity index (χ0v) is 14.9. The zero-order chi connectivity index (χ0) is 19.1. The van der Waals surface area contributed by atoms with Crippen molar-refractivity contribution in [2.24, 2.45) is 5.92 Å². The van der Waals surface area contributed by atoms with Crippen LogP contribution >= 0.6 is 0 Å². The third kappa shape index (κ3) is 2.80. The van der Waals surface area contributed by atoms with Crippen LogP contribution in [-0.2, 0) is 0 Å². The number of tetrazole rings is 1. The summed E-state index contributed by atoms with van der Waals surface area (Å²) in [6.07, 6.45) is 2.42. The summed E-state index contributed by atoms with van der Waals surface area (Å²) in [5.41, 5.74) is 1.33. The molecule has 2 aliphatic rings. The maximum absolute atomic E-state index is 12.6. The monoisotopic (exact) mass is 381 g/mol. The topological polar surface area (TPSA) is 135 Å². The smallest absolute Gasteiger partial charge is 0.269 e. The van der Waals surface area contributed by atoms with Gasteiger partial charge in [-0.15, -0.1) is 5.10 Å². The maximum atomic E-state index is 12.6. The van der Waals surface area contributed by atoms with Gasteiger partial charge in [-0.2, -0.15) is 9.78 Å². The van der Waals surface area contributed by atoms with E-state index in [1.807, 2.05) is 16.7 Å². The Labute approximate surface area is 159 Å². The van der Waals surface area contributed by atoms with E-state index in [4.69, 9.17) is 0 Å². The lowest BCUT2D eigenvalue weighted by Gasteiger charge is -2.43. The molecule has 5 heterocycles. The van der Waals surface area contributed by atoms with Crippen molar-refractivity contribution < 1.29 is 4.79 Å². The van der Waals surface area contributed by atoms with E-state index in [1.165, 1.54) is 11.0 Å². The van der Waals surface area contributed by atoms with Gasteiger partial charge in [0.05, 0.1) is 6.04 Å². The predicted molar refractivity (Wildman–Crippen MR) is 97.1 cm³/mol. The molecule has 1 saturated heterocycles. The number of piperidine rings is 1.